The van der Waals surface area contributed by atoms with Gasteiger partial charge in [-0.1, -0.05) is 12.1 Å². The molecule has 0 bridgehead atoms. The zero-order valence-corrected chi connectivity index (χ0v) is 14.9. The van der Waals surface area contributed by atoms with Gasteiger partial charge in [-0.2, -0.15) is 0 Å². The van der Waals surface area contributed by atoms with Gasteiger partial charge in [0.25, 0.3) is 0 Å². The van der Waals surface area contributed by atoms with E-state index in [9.17, 15) is 4.79 Å². The highest BCUT2D eigenvalue weighted by Gasteiger charge is 2.20. The van der Waals surface area contributed by atoms with E-state index in [2.05, 4.69) is 32.6 Å². The Hall–Kier alpha value is -2.02. The van der Waals surface area contributed by atoms with Crippen molar-refractivity contribution in [3.8, 4) is 11.1 Å². The third kappa shape index (κ3) is 3.50. The Balaban J connectivity index is 2.05. The second kappa shape index (κ2) is 7.04. The van der Waals surface area contributed by atoms with E-state index >= 15 is 0 Å². The van der Waals surface area contributed by atoms with Crippen LogP contribution in [0.3, 0.4) is 0 Å². The van der Waals surface area contributed by atoms with E-state index in [1.165, 1.54) is 0 Å². The van der Waals surface area contributed by atoms with E-state index in [0.717, 1.165) is 26.1 Å². The summed E-state index contributed by atoms with van der Waals surface area (Å²) in [6.07, 6.45) is 4.34. The van der Waals surface area contributed by atoms with Gasteiger partial charge in [-0.05, 0) is 59.3 Å². The number of aromatic nitrogens is 2. The van der Waals surface area contributed by atoms with E-state index in [-0.39, 0.29) is 5.97 Å². The number of ether oxygens (including phenoxy) is 1. The number of carbonyl (C=O) groups is 1. The number of hydrogen-bond donors (Lipinski definition) is 2. The smallest absolute Gasteiger partial charge is 0.340 e. The summed E-state index contributed by atoms with van der Waals surface area (Å²) in [6, 6.07) is 12.1. The minimum Gasteiger partial charge on any atom is -0.462 e. The van der Waals surface area contributed by atoms with Crippen LogP contribution in [0.2, 0.25) is 0 Å². The van der Waals surface area contributed by atoms with Gasteiger partial charge in [0.2, 0.25) is 0 Å². The molecule has 1 aromatic carbocycles. The van der Waals surface area contributed by atoms with Crippen molar-refractivity contribution < 1.29 is 9.53 Å². The predicted molar refractivity (Wildman–Crippen MR) is 98.5 cm³/mol. The van der Waals surface area contributed by atoms with Gasteiger partial charge in [-0.15, -0.1) is 0 Å². The molecule has 0 saturated heterocycles. The number of hydrogen-bond acceptors (Lipinski definition) is 2. The first-order chi connectivity index (χ1) is 11.2. The number of carbonyl (C=O) groups excluding carboxylic acids is 1. The number of nitrogens with one attached hydrogen (secondary N) is 2. The molecule has 0 atom stereocenters. The van der Waals surface area contributed by atoms with E-state index in [0.29, 0.717) is 18.6 Å². The largest absolute Gasteiger partial charge is 0.462 e. The summed E-state index contributed by atoms with van der Waals surface area (Å²) in [5, 5.41) is 0. The number of benzene rings is 1. The van der Waals surface area contributed by atoms with E-state index in [1.54, 1.807) is 6.20 Å². The van der Waals surface area contributed by atoms with Crippen molar-refractivity contribution >= 4 is 28.6 Å². The Morgan fingerprint density at radius 3 is 2.61 bits per heavy atom. The first kappa shape index (κ1) is 15.9. The summed E-state index contributed by atoms with van der Waals surface area (Å²) in [5.41, 5.74) is 4.59. The van der Waals surface area contributed by atoms with Gasteiger partial charge in [0.05, 0.1) is 12.2 Å². The summed E-state index contributed by atoms with van der Waals surface area (Å²) in [4.78, 5) is 18.7. The Morgan fingerprint density at radius 1 is 1.17 bits per heavy atom. The first-order valence-electron chi connectivity index (χ1n) is 7.44. The molecule has 118 valence electrons. The van der Waals surface area contributed by atoms with Crippen LogP contribution in [-0.4, -0.2) is 22.5 Å². The Morgan fingerprint density at radius 2 is 1.96 bits per heavy atom. The van der Waals surface area contributed by atoms with Crippen LogP contribution in [0.15, 0.2) is 48.8 Å². The van der Waals surface area contributed by atoms with Crippen LogP contribution in [0.25, 0.3) is 11.1 Å². The lowest BCUT2D eigenvalue weighted by Gasteiger charge is -2.08. The normalized spacial score (nSPS) is 10.7. The number of esters is 1. The average Bonchev–Trinajstić information content (AvgIpc) is 3.19. The third-order valence-corrected chi connectivity index (χ3v) is 4.34. The van der Waals surface area contributed by atoms with Crippen LogP contribution in [0, 0.1) is 3.57 Å². The molecule has 0 aliphatic carbocycles. The zero-order chi connectivity index (χ0) is 16.2. The van der Waals surface area contributed by atoms with Gasteiger partial charge in [-0.25, -0.2) is 4.79 Å². The van der Waals surface area contributed by atoms with Crippen molar-refractivity contribution in [3.05, 3.63) is 69.3 Å². The fraction of sp³-hybridized carbons (Fsp3) is 0.167. The number of H-pyrrole nitrogens is 2. The molecule has 2 N–H and O–H groups in total. The molecule has 0 spiro atoms. The molecule has 23 heavy (non-hydrogen) atoms. The van der Waals surface area contributed by atoms with Crippen LogP contribution in [0.1, 0.15) is 28.7 Å². The molecule has 5 heteroatoms. The molecule has 2 heterocycles. The Bertz CT molecular complexity index is 789. The maximum atomic E-state index is 12.3. The Labute approximate surface area is 148 Å². The molecule has 0 unspecified atom stereocenters. The molecule has 0 saturated carbocycles. The summed E-state index contributed by atoms with van der Waals surface area (Å²) in [6.45, 7) is 2.18. The molecule has 3 rings (SSSR count). The number of rotatable bonds is 5. The lowest BCUT2D eigenvalue weighted by atomic mass is 9.99. The standard InChI is InChI=1S/C18H17IN2O2/c1-2-23-18(22)15-11-21-16(10-14-4-3-9-20-14)17(15)12-5-7-13(19)8-6-12/h3-9,11,20-21H,2,10H2,1H3. The monoisotopic (exact) mass is 420 g/mol. The summed E-state index contributed by atoms with van der Waals surface area (Å²) < 4.78 is 6.35. The highest BCUT2D eigenvalue weighted by Crippen LogP contribution is 2.30. The van der Waals surface area contributed by atoms with Gasteiger partial charge >= 0.3 is 5.97 Å². The van der Waals surface area contributed by atoms with Crippen LogP contribution in [-0.2, 0) is 11.2 Å². The van der Waals surface area contributed by atoms with Crippen molar-refractivity contribution in [2.45, 2.75) is 13.3 Å². The van der Waals surface area contributed by atoms with Crippen molar-refractivity contribution in [2.75, 3.05) is 6.61 Å². The first-order valence-corrected chi connectivity index (χ1v) is 8.52. The van der Waals surface area contributed by atoms with E-state index in [4.69, 9.17) is 4.74 Å². The lowest BCUT2D eigenvalue weighted by Crippen LogP contribution is -2.05. The molecule has 0 aliphatic rings. The highest BCUT2D eigenvalue weighted by atomic mass is 127. The van der Waals surface area contributed by atoms with Gasteiger partial charge in [0.15, 0.2) is 0 Å². The van der Waals surface area contributed by atoms with E-state index < -0.39 is 0 Å². The van der Waals surface area contributed by atoms with Crippen LogP contribution in [0.4, 0.5) is 0 Å². The molecule has 2 aromatic heterocycles. The Kier molecular flexibility index (Phi) is 4.85. The van der Waals surface area contributed by atoms with Crippen molar-refractivity contribution in [1.82, 2.24) is 9.97 Å². The predicted octanol–water partition coefficient (Wildman–Crippen LogP) is 4.38. The van der Waals surface area contributed by atoms with Gasteiger partial charge in [-0.3, -0.25) is 0 Å². The van der Waals surface area contributed by atoms with Crippen molar-refractivity contribution in [2.24, 2.45) is 0 Å². The lowest BCUT2D eigenvalue weighted by molar-refractivity contribution is 0.0527. The SMILES string of the molecule is CCOC(=O)c1c[nH]c(Cc2ccc[nH]2)c1-c1ccc(I)cc1. The fourth-order valence-corrected chi connectivity index (χ4v) is 2.95. The maximum Gasteiger partial charge on any atom is 0.340 e. The fourth-order valence-electron chi connectivity index (χ4n) is 2.59. The molecular formula is C18H17IN2O2. The molecular weight excluding hydrogens is 403 g/mol. The topological polar surface area (TPSA) is 57.9 Å². The quantitative estimate of drug-likeness (QED) is 0.476. The third-order valence-electron chi connectivity index (χ3n) is 3.62. The molecule has 0 fully saturated rings. The minimum atomic E-state index is -0.296. The summed E-state index contributed by atoms with van der Waals surface area (Å²) >= 11 is 2.27. The van der Waals surface area contributed by atoms with Crippen LogP contribution >= 0.6 is 22.6 Å². The summed E-state index contributed by atoms with van der Waals surface area (Å²) in [7, 11) is 0. The maximum absolute atomic E-state index is 12.3. The van der Waals surface area contributed by atoms with Crippen molar-refractivity contribution in [3.63, 3.8) is 0 Å². The van der Waals surface area contributed by atoms with Gasteiger partial charge in [0, 0.05) is 39.3 Å². The van der Waals surface area contributed by atoms with Crippen molar-refractivity contribution in [1.29, 1.82) is 0 Å². The molecule has 3 aromatic rings. The molecule has 0 radical (unpaired) electrons. The summed E-state index contributed by atoms with van der Waals surface area (Å²) in [5.74, 6) is -0.296. The van der Waals surface area contributed by atoms with Gasteiger partial charge < -0.3 is 14.7 Å². The number of halogens is 1. The van der Waals surface area contributed by atoms with Crippen LogP contribution < -0.4 is 0 Å². The zero-order valence-electron chi connectivity index (χ0n) is 12.7. The second-order valence-corrected chi connectivity index (χ2v) is 6.40. The highest BCUT2D eigenvalue weighted by molar-refractivity contribution is 14.1. The minimum absolute atomic E-state index is 0.296. The van der Waals surface area contributed by atoms with Gasteiger partial charge in [0.1, 0.15) is 0 Å². The van der Waals surface area contributed by atoms with Crippen LogP contribution in [0.5, 0.6) is 0 Å². The molecule has 0 aliphatic heterocycles. The average molecular weight is 420 g/mol. The molecule has 0 amide bonds. The molecule has 4 nitrogen and oxygen atoms in total. The van der Waals surface area contributed by atoms with E-state index in [1.807, 2.05) is 49.5 Å². The number of aromatic amines is 2. The second-order valence-electron chi connectivity index (χ2n) is 5.16.